The van der Waals surface area contributed by atoms with Gasteiger partial charge in [0.1, 0.15) is 5.54 Å². The third-order valence-electron chi connectivity index (χ3n) is 3.56. The van der Waals surface area contributed by atoms with Crippen LogP contribution < -0.4 is 5.32 Å². The van der Waals surface area contributed by atoms with E-state index < -0.39 is 5.54 Å². The molecule has 1 N–H and O–H groups in total. The number of methoxy groups -OCH3 is 1. The molecule has 0 amide bonds. The first-order chi connectivity index (χ1) is 7.62. The maximum absolute atomic E-state index is 11.6. The zero-order chi connectivity index (χ0) is 12.0. The van der Waals surface area contributed by atoms with Crippen LogP contribution in [0.15, 0.2) is 0 Å². The van der Waals surface area contributed by atoms with Gasteiger partial charge in [0.25, 0.3) is 0 Å². The number of hydrogen-bond donors (Lipinski definition) is 1. The van der Waals surface area contributed by atoms with Crippen LogP contribution in [-0.4, -0.2) is 50.2 Å². The van der Waals surface area contributed by atoms with E-state index in [4.69, 9.17) is 4.74 Å². The summed E-state index contributed by atoms with van der Waals surface area (Å²) >= 11 is 0. The third kappa shape index (κ3) is 3.46. The minimum Gasteiger partial charge on any atom is -0.468 e. The Morgan fingerprint density at radius 2 is 2.00 bits per heavy atom. The molecule has 0 aliphatic carbocycles. The van der Waals surface area contributed by atoms with Crippen LogP contribution in [0.25, 0.3) is 0 Å². The van der Waals surface area contributed by atoms with Crippen molar-refractivity contribution >= 4 is 5.97 Å². The number of nitrogens with zero attached hydrogens (tertiary/aromatic N) is 1. The van der Waals surface area contributed by atoms with Crippen molar-refractivity contribution in [1.29, 1.82) is 0 Å². The molecule has 0 aromatic carbocycles. The second-order valence-corrected chi connectivity index (χ2v) is 4.73. The summed E-state index contributed by atoms with van der Waals surface area (Å²) in [6, 6.07) is 0. The molecule has 1 atom stereocenters. The standard InChI is InChI=1S/C12H24N2O2/c1-12(13-2,11(15)16-3)7-10-14-8-5-4-6-9-14/h13H,4-10H2,1-3H3. The Morgan fingerprint density at radius 3 is 2.50 bits per heavy atom. The second-order valence-electron chi connectivity index (χ2n) is 4.73. The van der Waals surface area contributed by atoms with E-state index >= 15 is 0 Å². The highest BCUT2D eigenvalue weighted by Gasteiger charge is 2.32. The minimum atomic E-state index is -0.549. The molecular formula is C12H24N2O2. The smallest absolute Gasteiger partial charge is 0.325 e. The predicted octanol–water partition coefficient (Wildman–Crippen LogP) is 1.01. The lowest BCUT2D eigenvalue weighted by atomic mass is 9.97. The van der Waals surface area contributed by atoms with Gasteiger partial charge in [-0.25, -0.2) is 0 Å². The average molecular weight is 228 g/mol. The first-order valence-electron chi connectivity index (χ1n) is 6.12. The number of ether oxygens (including phenoxy) is 1. The molecule has 94 valence electrons. The van der Waals surface area contributed by atoms with Crippen LogP contribution in [0.1, 0.15) is 32.6 Å². The zero-order valence-electron chi connectivity index (χ0n) is 10.7. The topological polar surface area (TPSA) is 41.6 Å². The van der Waals surface area contributed by atoms with E-state index in [-0.39, 0.29) is 5.97 Å². The normalized spacial score (nSPS) is 21.4. The van der Waals surface area contributed by atoms with E-state index in [0.29, 0.717) is 0 Å². The van der Waals surface area contributed by atoms with E-state index in [2.05, 4.69) is 10.2 Å². The van der Waals surface area contributed by atoms with Crippen molar-refractivity contribution in [1.82, 2.24) is 10.2 Å². The van der Waals surface area contributed by atoms with E-state index in [1.807, 2.05) is 14.0 Å². The molecular weight excluding hydrogens is 204 g/mol. The quantitative estimate of drug-likeness (QED) is 0.713. The maximum Gasteiger partial charge on any atom is 0.325 e. The van der Waals surface area contributed by atoms with E-state index in [1.54, 1.807) is 0 Å². The molecule has 0 radical (unpaired) electrons. The first-order valence-corrected chi connectivity index (χ1v) is 6.12. The van der Waals surface area contributed by atoms with E-state index in [0.717, 1.165) is 13.0 Å². The summed E-state index contributed by atoms with van der Waals surface area (Å²) in [4.78, 5) is 14.1. The van der Waals surface area contributed by atoms with Gasteiger partial charge >= 0.3 is 5.97 Å². The molecule has 1 rings (SSSR count). The Hall–Kier alpha value is -0.610. The van der Waals surface area contributed by atoms with Gasteiger partial charge in [0.05, 0.1) is 7.11 Å². The van der Waals surface area contributed by atoms with Crippen molar-refractivity contribution in [2.24, 2.45) is 0 Å². The van der Waals surface area contributed by atoms with E-state index in [9.17, 15) is 4.79 Å². The molecule has 0 bridgehead atoms. The third-order valence-corrected chi connectivity index (χ3v) is 3.56. The van der Waals surface area contributed by atoms with Gasteiger partial charge in [0, 0.05) is 6.54 Å². The van der Waals surface area contributed by atoms with Crippen LogP contribution >= 0.6 is 0 Å². The lowest BCUT2D eigenvalue weighted by molar-refractivity contribution is -0.148. The first kappa shape index (κ1) is 13.5. The summed E-state index contributed by atoms with van der Waals surface area (Å²) in [7, 11) is 3.26. The molecule has 1 saturated heterocycles. The Balaban J connectivity index is 2.40. The van der Waals surface area contributed by atoms with Crippen LogP contribution in [0.4, 0.5) is 0 Å². The number of likely N-dealkylation sites (tertiary alicyclic amines) is 1. The van der Waals surface area contributed by atoms with Crippen LogP contribution in [0.2, 0.25) is 0 Å². The van der Waals surface area contributed by atoms with Crippen LogP contribution in [-0.2, 0) is 9.53 Å². The summed E-state index contributed by atoms with van der Waals surface area (Å²) < 4.78 is 4.83. The molecule has 1 fully saturated rings. The Labute approximate surface area is 98.3 Å². The molecule has 1 unspecified atom stereocenters. The monoisotopic (exact) mass is 228 g/mol. The van der Waals surface area contributed by atoms with Crippen molar-refractivity contribution in [2.75, 3.05) is 33.8 Å². The number of likely N-dealkylation sites (N-methyl/N-ethyl adjacent to an activating group) is 1. The van der Waals surface area contributed by atoms with Crippen molar-refractivity contribution in [3.8, 4) is 0 Å². The Kier molecular flexibility index (Phi) is 5.22. The summed E-state index contributed by atoms with van der Waals surface area (Å²) in [6.45, 7) is 5.21. The lowest BCUT2D eigenvalue weighted by Crippen LogP contribution is -2.50. The van der Waals surface area contributed by atoms with E-state index in [1.165, 1.54) is 39.5 Å². The molecule has 0 aromatic rings. The van der Waals surface area contributed by atoms with Crippen molar-refractivity contribution < 1.29 is 9.53 Å². The molecule has 4 nitrogen and oxygen atoms in total. The highest BCUT2D eigenvalue weighted by Crippen LogP contribution is 2.15. The molecule has 0 spiro atoms. The predicted molar refractivity (Wildman–Crippen MR) is 64.4 cm³/mol. The van der Waals surface area contributed by atoms with Gasteiger partial charge in [-0.15, -0.1) is 0 Å². The average Bonchev–Trinajstić information content (AvgIpc) is 2.36. The number of piperidine rings is 1. The zero-order valence-corrected chi connectivity index (χ0v) is 10.7. The molecule has 1 heterocycles. The van der Waals surface area contributed by atoms with Gasteiger partial charge in [-0.05, 0) is 46.3 Å². The van der Waals surface area contributed by atoms with Crippen molar-refractivity contribution in [3.63, 3.8) is 0 Å². The number of carbonyl (C=O) groups is 1. The lowest BCUT2D eigenvalue weighted by Gasteiger charge is -2.31. The second kappa shape index (κ2) is 6.21. The van der Waals surface area contributed by atoms with Gasteiger partial charge in [-0.2, -0.15) is 0 Å². The fourth-order valence-corrected chi connectivity index (χ4v) is 2.12. The van der Waals surface area contributed by atoms with Crippen LogP contribution in [0, 0.1) is 0 Å². The van der Waals surface area contributed by atoms with Gasteiger partial charge in [-0.1, -0.05) is 6.42 Å². The highest BCUT2D eigenvalue weighted by molar-refractivity contribution is 5.80. The summed E-state index contributed by atoms with van der Waals surface area (Å²) in [5, 5.41) is 3.07. The molecule has 1 aliphatic rings. The summed E-state index contributed by atoms with van der Waals surface area (Å²) in [5.41, 5.74) is -0.549. The number of hydrogen-bond acceptors (Lipinski definition) is 4. The number of carbonyl (C=O) groups excluding carboxylic acids is 1. The number of rotatable bonds is 5. The van der Waals surface area contributed by atoms with Crippen LogP contribution in [0.5, 0.6) is 0 Å². The highest BCUT2D eigenvalue weighted by atomic mass is 16.5. The molecule has 0 saturated carbocycles. The summed E-state index contributed by atoms with van der Waals surface area (Å²) in [6.07, 6.45) is 4.72. The van der Waals surface area contributed by atoms with Crippen LogP contribution in [0.3, 0.4) is 0 Å². The van der Waals surface area contributed by atoms with Gasteiger partial charge in [-0.3, -0.25) is 4.79 Å². The Bertz CT molecular complexity index is 227. The number of esters is 1. The molecule has 1 aliphatic heterocycles. The molecule has 4 heteroatoms. The fourth-order valence-electron chi connectivity index (χ4n) is 2.12. The largest absolute Gasteiger partial charge is 0.468 e. The van der Waals surface area contributed by atoms with Gasteiger partial charge in [0.15, 0.2) is 0 Å². The molecule has 0 aromatic heterocycles. The SMILES string of the molecule is CNC(C)(CCN1CCCCC1)C(=O)OC. The minimum absolute atomic E-state index is 0.174. The Morgan fingerprint density at radius 1 is 1.38 bits per heavy atom. The molecule has 16 heavy (non-hydrogen) atoms. The summed E-state index contributed by atoms with van der Waals surface area (Å²) in [5.74, 6) is -0.174. The van der Waals surface area contributed by atoms with Gasteiger partial charge < -0.3 is 15.0 Å². The van der Waals surface area contributed by atoms with Gasteiger partial charge in [0.2, 0.25) is 0 Å². The number of nitrogens with one attached hydrogen (secondary N) is 1. The maximum atomic E-state index is 11.6. The fraction of sp³-hybridized carbons (Fsp3) is 0.917. The van der Waals surface area contributed by atoms with Crippen molar-refractivity contribution in [3.05, 3.63) is 0 Å². The van der Waals surface area contributed by atoms with Crippen molar-refractivity contribution in [2.45, 2.75) is 38.1 Å².